The van der Waals surface area contributed by atoms with Gasteiger partial charge in [0.15, 0.2) is 0 Å². The summed E-state index contributed by atoms with van der Waals surface area (Å²) >= 11 is 4.86. The van der Waals surface area contributed by atoms with Crippen molar-refractivity contribution >= 4 is 33.0 Å². The van der Waals surface area contributed by atoms with Crippen molar-refractivity contribution in [2.24, 2.45) is 0 Å². The second-order valence-electron chi connectivity index (χ2n) is 4.65. The Hall–Kier alpha value is -1.65. The molecule has 0 spiro atoms. The lowest BCUT2D eigenvalue weighted by Crippen LogP contribution is -1.97. The van der Waals surface area contributed by atoms with Crippen LogP contribution in [0.1, 0.15) is 4.88 Å². The van der Waals surface area contributed by atoms with Gasteiger partial charge in [-0.1, -0.05) is 30.3 Å². The number of halogens is 2. The summed E-state index contributed by atoms with van der Waals surface area (Å²) < 4.78 is 13.9. The highest BCUT2D eigenvalue weighted by atomic mass is 79.9. The van der Waals surface area contributed by atoms with Crippen LogP contribution in [0, 0.1) is 5.82 Å². The molecule has 21 heavy (non-hydrogen) atoms. The molecule has 0 saturated carbocycles. The molecule has 0 unspecified atom stereocenters. The van der Waals surface area contributed by atoms with E-state index in [2.05, 4.69) is 44.8 Å². The first-order valence-electron chi connectivity index (χ1n) is 6.54. The molecule has 0 atom stereocenters. The minimum absolute atomic E-state index is 0.254. The maximum Gasteiger partial charge on any atom is 0.139 e. The van der Waals surface area contributed by atoms with Crippen LogP contribution in [0.15, 0.2) is 64.5 Å². The number of nitrogens with one attached hydrogen (secondary N) is 1. The van der Waals surface area contributed by atoms with Gasteiger partial charge in [0, 0.05) is 17.1 Å². The minimum Gasteiger partial charge on any atom is -0.380 e. The van der Waals surface area contributed by atoms with E-state index in [1.807, 2.05) is 24.3 Å². The number of hydrogen-bond donors (Lipinski definition) is 1. The Bertz CT molecular complexity index is 740. The first-order chi connectivity index (χ1) is 10.2. The van der Waals surface area contributed by atoms with Crippen molar-refractivity contribution in [3.8, 4) is 11.1 Å². The number of rotatable bonds is 4. The third-order valence-electron chi connectivity index (χ3n) is 3.15. The maximum absolute atomic E-state index is 13.4. The van der Waals surface area contributed by atoms with Crippen LogP contribution in [-0.2, 0) is 6.54 Å². The summed E-state index contributed by atoms with van der Waals surface area (Å²) in [6.07, 6.45) is 0. The molecule has 3 aromatic rings. The summed E-state index contributed by atoms with van der Waals surface area (Å²) in [5.41, 5.74) is 3.22. The van der Waals surface area contributed by atoms with E-state index < -0.39 is 0 Å². The standard InChI is InChI=1S/C17H13BrFNS/c18-16-7-6-14(9-17(16)19)20-10-15-8-13(11-21-15)12-4-2-1-3-5-12/h1-9,11,20H,10H2. The van der Waals surface area contributed by atoms with Crippen molar-refractivity contribution in [3.63, 3.8) is 0 Å². The smallest absolute Gasteiger partial charge is 0.139 e. The Morgan fingerprint density at radius 3 is 2.57 bits per heavy atom. The van der Waals surface area contributed by atoms with E-state index in [0.29, 0.717) is 11.0 Å². The molecule has 1 nitrogen and oxygen atoms in total. The van der Waals surface area contributed by atoms with Crippen LogP contribution in [0.25, 0.3) is 11.1 Å². The summed E-state index contributed by atoms with van der Waals surface area (Å²) in [6.45, 7) is 0.693. The van der Waals surface area contributed by atoms with Crippen LogP contribution in [0.3, 0.4) is 0 Å². The number of hydrogen-bond acceptors (Lipinski definition) is 2. The van der Waals surface area contributed by atoms with Gasteiger partial charge in [0.25, 0.3) is 0 Å². The van der Waals surface area contributed by atoms with Crippen LogP contribution in [0.5, 0.6) is 0 Å². The van der Waals surface area contributed by atoms with Gasteiger partial charge in [-0.05, 0) is 56.7 Å². The van der Waals surface area contributed by atoms with Gasteiger partial charge in [0.05, 0.1) is 4.47 Å². The molecular weight excluding hydrogens is 349 g/mol. The SMILES string of the molecule is Fc1cc(NCc2cc(-c3ccccc3)cs2)ccc1Br. The van der Waals surface area contributed by atoms with Crippen LogP contribution < -0.4 is 5.32 Å². The van der Waals surface area contributed by atoms with Crippen LogP contribution in [-0.4, -0.2) is 0 Å². The summed E-state index contributed by atoms with van der Waals surface area (Å²) in [4.78, 5) is 1.22. The van der Waals surface area contributed by atoms with Gasteiger partial charge < -0.3 is 5.32 Å². The molecule has 0 bridgehead atoms. The van der Waals surface area contributed by atoms with Crippen LogP contribution in [0.2, 0.25) is 0 Å². The molecule has 1 N–H and O–H groups in total. The molecule has 106 valence electrons. The van der Waals surface area contributed by atoms with E-state index in [0.717, 1.165) is 5.69 Å². The van der Waals surface area contributed by atoms with Crippen molar-refractivity contribution in [3.05, 3.63) is 75.1 Å². The topological polar surface area (TPSA) is 12.0 Å². The van der Waals surface area contributed by atoms with Crippen LogP contribution in [0.4, 0.5) is 10.1 Å². The number of benzene rings is 2. The van der Waals surface area contributed by atoms with Gasteiger partial charge in [0.1, 0.15) is 5.82 Å². The molecular formula is C17H13BrFNS. The maximum atomic E-state index is 13.4. The lowest BCUT2D eigenvalue weighted by Gasteiger charge is -2.05. The van der Waals surface area contributed by atoms with Gasteiger partial charge in [0.2, 0.25) is 0 Å². The van der Waals surface area contributed by atoms with Crippen molar-refractivity contribution < 1.29 is 4.39 Å². The zero-order chi connectivity index (χ0) is 14.7. The van der Waals surface area contributed by atoms with Gasteiger partial charge in [-0.3, -0.25) is 0 Å². The van der Waals surface area contributed by atoms with E-state index in [1.54, 1.807) is 17.4 Å². The third kappa shape index (κ3) is 3.52. The van der Waals surface area contributed by atoms with Crippen molar-refractivity contribution in [2.75, 3.05) is 5.32 Å². The molecule has 0 fully saturated rings. The molecule has 0 aliphatic rings. The van der Waals surface area contributed by atoms with Crippen molar-refractivity contribution in [1.29, 1.82) is 0 Å². The fraction of sp³-hybridized carbons (Fsp3) is 0.0588. The lowest BCUT2D eigenvalue weighted by atomic mass is 10.1. The molecule has 0 aliphatic heterocycles. The first-order valence-corrected chi connectivity index (χ1v) is 8.21. The van der Waals surface area contributed by atoms with Crippen molar-refractivity contribution in [2.45, 2.75) is 6.54 Å². The molecule has 1 aromatic heterocycles. The Balaban J connectivity index is 1.69. The molecule has 1 heterocycles. The molecule has 0 aliphatic carbocycles. The number of anilines is 1. The summed E-state index contributed by atoms with van der Waals surface area (Å²) in [7, 11) is 0. The second kappa shape index (κ2) is 6.41. The van der Waals surface area contributed by atoms with E-state index in [-0.39, 0.29) is 5.82 Å². The highest BCUT2D eigenvalue weighted by Crippen LogP contribution is 2.26. The largest absolute Gasteiger partial charge is 0.380 e. The van der Waals surface area contributed by atoms with Gasteiger partial charge in [-0.2, -0.15) is 0 Å². The minimum atomic E-state index is -0.254. The lowest BCUT2D eigenvalue weighted by molar-refractivity contribution is 0.621. The monoisotopic (exact) mass is 361 g/mol. The molecule has 2 aromatic carbocycles. The summed E-state index contributed by atoms with van der Waals surface area (Å²) in [6, 6.07) is 17.5. The average molecular weight is 362 g/mol. The average Bonchev–Trinajstić information content (AvgIpc) is 2.98. The van der Waals surface area contributed by atoms with E-state index in [4.69, 9.17) is 0 Å². The zero-order valence-corrected chi connectivity index (χ0v) is 13.5. The predicted molar refractivity (Wildman–Crippen MR) is 91.2 cm³/mol. The van der Waals surface area contributed by atoms with E-state index in [1.165, 1.54) is 22.1 Å². The van der Waals surface area contributed by atoms with Gasteiger partial charge >= 0.3 is 0 Å². The van der Waals surface area contributed by atoms with Gasteiger partial charge in [-0.15, -0.1) is 11.3 Å². The molecule has 3 rings (SSSR count). The Morgan fingerprint density at radius 2 is 1.81 bits per heavy atom. The second-order valence-corrected chi connectivity index (χ2v) is 6.50. The molecule has 0 radical (unpaired) electrons. The van der Waals surface area contributed by atoms with E-state index >= 15 is 0 Å². The van der Waals surface area contributed by atoms with Crippen molar-refractivity contribution in [1.82, 2.24) is 0 Å². The van der Waals surface area contributed by atoms with Gasteiger partial charge in [-0.25, -0.2) is 4.39 Å². The highest BCUT2D eigenvalue weighted by molar-refractivity contribution is 9.10. The fourth-order valence-electron chi connectivity index (χ4n) is 2.05. The molecule has 0 saturated heterocycles. The summed E-state index contributed by atoms with van der Waals surface area (Å²) in [5, 5.41) is 5.39. The Labute approximate surface area is 135 Å². The van der Waals surface area contributed by atoms with E-state index in [9.17, 15) is 4.39 Å². The predicted octanol–water partition coefficient (Wildman–Crippen LogP) is 5.93. The number of thiophene rings is 1. The summed E-state index contributed by atoms with van der Waals surface area (Å²) in [5.74, 6) is -0.254. The first kappa shape index (κ1) is 14.3. The molecule has 0 amide bonds. The zero-order valence-electron chi connectivity index (χ0n) is 11.1. The van der Waals surface area contributed by atoms with Crippen LogP contribution >= 0.6 is 27.3 Å². The fourth-order valence-corrected chi connectivity index (χ4v) is 3.13. The Kier molecular flexibility index (Phi) is 4.36. The molecule has 4 heteroatoms. The highest BCUT2D eigenvalue weighted by Gasteiger charge is 2.04. The normalized spacial score (nSPS) is 10.6. The quantitative estimate of drug-likeness (QED) is 0.607. The Morgan fingerprint density at radius 1 is 1.00 bits per heavy atom. The third-order valence-corrected chi connectivity index (χ3v) is 4.73.